The van der Waals surface area contributed by atoms with E-state index < -0.39 is 0 Å². The first-order valence-electron chi connectivity index (χ1n) is 5.31. The Hall–Kier alpha value is -1.36. The van der Waals surface area contributed by atoms with Gasteiger partial charge in [-0.3, -0.25) is 9.59 Å². The minimum Gasteiger partial charge on any atom is -0.365 e. The lowest BCUT2D eigenvalue weighted by atomic mass is 10.2. The van der Waals surface area contributed by atoms with Crippen LogP contribution in [-0.4, -0.2) is 32.3 Å². The van der Waals surface area contributed by atoms with Crippen LogP contribution in [0.4, 0.5) is 5.69 Å². The van der Waals surface area contributed by atoms with Crippen molar-refractivity contribution in [2.45, 2.75) is 6.92 Å². The van der Waals surface area contributed by atoms with Gasteiger partial charge >= 0.3 is 0 Å². The Morgan fingerprint density at radius 1 is 1.53 bits per heavy atom. The Kier molecular flexibility index (Phi) is 5.15. The summed E-state index contributed by atoms with van der Waals surface area (Å²) in [6.07, 6.45) is 0.786. The number of likely N-dealkylation sites (N-methyl/N-ethyl adjacent to an activating group) is 2. The molecule has 17 heavy (non-hydrogen) atoms. The summed E-state index contributed by atoms with van der Waals surface area (Å²) in [6, 6.07) is 5.39. The topological polar surface area (TPSA) is 49.4 Å². The maximum Gasteiger partial charge on any atom is 0.239 e. The minimum atomic E-state index is -0.0604. The van der Waals surface area contributed by atoms with Crippen molar-refractivity contribution in [3.8, 4) is 0 Å². The molecule has 0 aromatic heterocycles. The van der Waals surface area contributed by atoms with Crippen molar-refractivity contribution in [1.82, 2.24) is 5.32 Å². The van der Waals surface area contributed by atoms with Crippen LogP contribution in [-0.2, 0) is 4.79 Å². The molecule has 0 saturated carbocycles. The summed E-state index contributed by atoms with van der Waals surface area (Å²) < 4.78 is 0.842. The van der Waals surface area contributed by atoms with Gasteiger partial charge in [-0.2, -0.15) is 0 Å². The lowest BCUT2D eigenvalue weighted by Gasteiger charge is -2.20. The van der Waals surface area contributed by atoms with Crippen LogP contribution in [0.25, 0.3) is 0 Å². The smallest absolute Gasteiger partial charge is 0.239 e. The third-order valence-electron chi connectivity index (χ3n) is 2.28. The molecule has 0 fully saturated rings. The highest BCUT2D eigenvalue weighted by Gasteiger charge is 2.10. The van der Waals surface area contributed by atoms with Crippen LogP contribution < -0.4 is 10.2 Å². The van der Waals surface area contributed by atoms with Crippen molar-refractivity contribution in [1.29, 1.82) is 0 Å². The summed E-state index contributed by atoms with van der Waals surface area (Å²) in [7, 11) is 1.78. The molecule has 0 radical (unpaired) electrons. The molecule has 0 spiro atoms. The predicted molar refractivity (Wildman–Crippen MR) is 71.5 cm³/mol. The fourth-order valence-electron chi connectivity index (χ4n) is 1.52. The number of benzene rings is 1. The second kappa shape index (κ2) is 6.39. The Bertz CT molecular complexity index is 421. The largest absolute Gasteiger partial charge is 0.365 e. The number of aldehydes is 1. The van der Waals surface area contributed by atoms with Gasteiger partial charge < -0.3 is 10.2 Å². The van der Waals surface area contributed by atoms with Crippen LogP contribution in [0.5, 0.6) is 0 Å². The van der Waals surface area contributed by atoms with Crippen LogP contribution in [0.15, 0.2) is 22.7 Å². The molecule has 1 aromatic carbocycles. The van der Waals surface area contributed by atoms with Gasteiger partial charge in [-0.1, -0.05) is 15.9 Å². The molecule has 0 atom stereocenters. The highest BCUT2D eigenvalue weighted by atomic mass is 79.9. The van der Waals surface area contributed by atoms with E-state index in [1.54, 1.807) is 18.0 Å². The molecule has 0 saturated heterocycles. The maximum absolute atomic E-state index is 11.4. The van der Waals surface area contributed by atoms with E-state index in [1.165, 1.54) is 0 Å². The molecule has 0 heterocycles. The SMILES string of the molecule is CCNC(=O)CN(C)c1ccc(Br)cc1C=O. The number of anilines is 1. The number of hydrogen-bond donors (Lipinski definition) is 1. The van der Waals surface area contributed by atoms with Gasteiger partial charge in [-0.15, -0.1) is 0 Å². The monoisotopic (exact) mass is 298 g/mol. The summed E-state index contributed by atoms with van der Waals surface area (Å²) in [5.74, 6) is -0.0604. The molecule has 0 aliphatic rings. The number of rotatable bonds is 5. The molecule has 92 valence electrons. The van der Waals surface area contributed by atoms with Crippen LogP contribution in [0.3, 0.4) is 0 Å². The van der Waals surface area contributed by atoms with Gasteiger partial charge in [0.25, 0.3) is 0 Å². The fraction of sp³-hybridized carbons (Fsp3) is 0.333. The molecule has 1 N–H and O–H groups in total. The molecule has 0 aliphatic heterocycles. The summed E-state index contributed by atoms with van der Waals surface area (Å²) >= 11 is 3.31. The lowest BCUT2D eigenvalue weighted by Crippen LogP contribution is -2.35. The molecular formula is C12H15BrN2O2. The molecule has 0 aliphatic carbocycles. The molecule has 4 nitrogen and oxygen atoms in total. The third kappa shape index (κ3) is 3.85. The van der Waals surface area contributed by atoms with E-state index >= 15 is 0 Å². The maximum atomic E-state index is 11.4. The van der Waals surface area contributed by atoms with Crippen molar-refractivity contribution in [2.24, 2.45) is 0 Å². The zero-order valence-corrected chi connectivity index (χ0v) is 11.5. The highest BCUT2D eigenvalue weighted by Crippen LogP contribution is 2.22. The Morgan fingerprint density at radius 2 is 2.24 bits per heavy atom. The van der Waals surface area contributed by atoms with Crippen LogP contribution in [0.1, 0.15) is 17.3 Å². The average molecular weight is 299 g/mol. The number of carbonyl (C=O) groups is 2. The predicted octanol–water partition coefficient (Wildman–Crippen LogP) is 1.83. The minimum absolute atomic E-state index is 0.0604. The molecule has 5 heteroatoms. The zero-order valence-electron chi connectivity index (χ0n) is 9.87. The van der Waals surface area contributed by atoms with E-state index in [9.17, 15) is 9.59 Å². The number of hydrogen-bond acceptors (Lipinski definition) is 3. The third-order valence-corrected chi connectivity index (χ3v) is 2.78. The molecule has 1 aromatic rings. The van der Waals surface area contributed by atoms with Crippen molar-refractivity contribution in [3.63, 3.8) is 0 Å². The van der Waals surface area contributed by atoms with Crippen molar-refractivity contribution in [3.05, 3.63) is 28.2 Å². The van der Waals surface area contributed by atoms with E-state index in [4.69, 9.17) is 0 Å². The molecular weight excluding hydrogens is 284 g/mol. The average Bonchev–Trinajstić information content (AvgIpc) is 2.28. The molecule has 1 amide bonds. The second-order valence-electron chi connectivity index (χ2n) is 3.63. The Labute approximate surface area is 109 Å². The zero-order chi connectivity index (χ0) is 12.8. The summed E-state index contributed by atoms with van der Waals surface area (Å²) in [4.78, 5) is 24.1. The van der Waals surface area contributed by atoms with Crippen LogP contribution in [0, 0.1) is 0 Å². The summed E-state index contributed by atoms with van der Waals surface area (Å²) in [5.41, 5.74) is 1.31. The normalized spacial score (nSPS) is 9.82. The molecule has 0 unspecified atom stereocenters. The number of nitrogens with zero attached hydrogens (tertiary/aromatic N) is 1. The summed E-state index contributed by atoms with van der Waals surface area (Å²) in [6.45, 7) is 2.71. The first-order valence-corrected chi connectivity index (χ1v) is 6.10. The standard InChI is InChI=1S/C12H15BrN2O2/c1-3-14-12(17)7-15(2)11-5-4-10(13)6-9(11)8-16/h4-6,8H,3,7H2,1-2H3,(H,14,17). The number of amides is 1. The van der Waals surface area contributed by atoms with Crippen molar-refractivity contribution >= 4 is 33.8 Å². The Morgan fingerprint density at radius 3 is 2.82 bits per heavy atom. The Balaban J connectivity index is 2.84. The molecule has 0 bridgehead atoms. The van der Waals surface area contributed by atoms with Gasteiger partial charge in [-0.25, -0.2) is 0 Å². The van der Waals surface area contributed by atoms with Crippen LogP contribution in [0.2, 0.25) is 0 Å². The summed E-state index contributed by atoms with van der Waals surface area (Å²) in [5, 5.41) is 2.72. The van der Waals surface area contributed by atoms with E-state index in [0.29, 0.717) is 12.1 Å². The first kappa shape index (κ1) is 13.7. The second-order valence-corrected chi connectivity index (χ2v) is 4.55. The number of carbonyl (C=O) groups excluding carboxylic acids is 2. The van der Waals surface area contributed by atoms with Gasteiger partial charge in [0.15, 0.2) is 6.29 Å². The van der Waals surface area contributed by atoms with Gasteiger partial charge in [0.2, 0.25) is 5.91 Å². The van der Waals surface area contributed by atoms with Gasteiger partial charge in [0, 0.05) is 29.3 Å². The quantitative estimate of drug-likeness (QED) is 0.844. The first-order chi connectivity index (χ1) is 8.08. The lowest BCUT2D eigenvalue weighted by molar-refractivity contribution is -0.119. The van der Waals surface area contributed by atoms with Gasteiger partial charge in [0.05, 0.1) is 6.54 Å². The van der Waals surface area contributed by atoms with Gasteiger partial charge in [-0.05, 0) is 25.1 Å². The van der Waals surface area contributed by atoms with Crippen molar-refractivity contribution in [2.75, 3.05) is 25.0 Å². The van der Waals surface area contributed by atoms with E-state index in [0.717, 1.165) is 16.4 Å². The highest BCUT2D eigenvalue weighted by molar-refractivity contribution is 9.10. The van der Waals surface area contributed by atoms with E-state index in [-0.39, 0.29) is 12.5 Å². The van der Waals surface area contributed by atoms with Gasteiger partial charge in [0.1, 0.15) is 0 Å². The molecule has 1 rings (SSSR count). The van der Waals surface area contributed by atoms with E-state index in [1.807, 2.05) is 19.1 Å². The fourth-order valence-corrected chi connectivity index (χ4v) is 1.90. The van der Waals surface area contributed by atoms with Crippen molar-refractivity contribution < 1.29 is 9.59 Å². The van der Waals surface area contributed by atoms with E-state index in [2.05, 4.69) is 21.2 Å². The number of halogens is 1. The number of nitrogens with one attached hydrogen (secondary N) is 1. The van der Waals surface area contributed by atoms with Crippen LogP contribution >= 0.6 is 15.9 Å².